The zero-order chi connectivity index (χ0) is 22.2. The summed E-state index contributed by atoms with van der Waals surface area (Å²) in [6.07, 6.45) is 4.78. The highest BCUT2D eigenvalue weighted by Gasteiger charge is 2.21. The van der Waals surface area contributed by atoms with Crippen molar-refractivity contribution in [2.75, 3.05) is 51.8 Å². The highest BCUT2D eigenvalue weighted by Crippen LogP contribution is 2.28. The van der Waals surface area contributed by atoms with Crippen LogP contribution in [0.25, 0.3) is 0 Å². The Morgan fingerprint density at radius 2 is 1.76 bits per heavy atom. The smallest absolute Gasteiger partial charge is 0.193 e. The van der Waals surface area contributed by atoms with Crippen LogP contribution in [0.4, 0.5) is 5.69 Å². The van der Waals surface area contributed by atoms with Crippen LogP contribution in [-0.4, -0.2) is 67.3 Å². The molecule has 1 aromatic heterocycles. The molecule has 0 spiro atoms. The van der Waals surface area contributed by atoms with Crippen LogP contribution >= 0.6 is 24.0 Å². The number of halogens is 1. The van der Waals surface area contributed by atoms with Crippen molar-refractivity contribution in [2.45, 2.75) is 13.0 Å². The SMILES string of the molecule is CN=C(NCCc1nccn1Cc1ccccc1)N1CCN(c2ccccc2OC)CC1.I. The number of nitrogens with zero attached hydrogens (tertiary/aromatic N) is 5. The summed E-state index contributed by atoms with van der Waals surface area (Å²) in [5, 5.41) is 3.53. The van der Waals surface area contributed by atoms with Gasteiger partial charge in [-0.05, 0) is 17.7 Å². The molecule has 0 atom stereocenters. The number of anilines is 1. The number of guanidine groups is 1. The molecular formula is C25H33IN6O. The van der Waals surface area contributed by atoms with E-state index in [0.29, 0.717) is 0 Å². The van der Waals surface area contributed by atoms with Gasteiger partial charge in [0.15, 0.2) is 5.96 Å². The molecule has 2 heterocycles. The Morgan fingerprint density at radius 1 is 1.03 bits per heavy atom. The van der Waals surface area contributed by atoms with Gasteiger partial charge in [0.05, 0.1) is 12.8 Å². The lowest BCUT2D eigenvalue weighted by Crippen LogP contribution is -2.52. The quantitative estimate of drug-likeness (QED) is 0.273. The molecule has 1 aliphatic rings. The molecule has 0 saturated carbocycles. The van der Waals surface area contributed by atoms with Crippen molar-refractivity contribution in [1.29, 1.82) is 0 Å². The molecule has 2 aromatic carbocycles. The molecule has 0 radical (unpaired) electrons. The van der Waals surface area contributed by atoms with Crippen LogP contribution in [0.3, 0.4) is 0 Å². The monoisotopic (exact) mass is 560 g/mol. The molecule has 4 rings (SSSR count). The summed E-state index contributed by atoms with van der Waals surface area (Å²) in [6.45, 7) is 5.34. The van der Waals surface area contributed by atoms with E-state index in [4.69, 9.17) is 4.74 Å². The summed E-state index contributed by atoms with van der Waals surface area (Å²) in [6, 6.07) is 18.7. The molecule has 0 unspecified atom stereocenters. The molecule has 1 saturated heterocycles. The van der Waals surface area contributed by atoms with E-state index in [0.717, 1.165) is 68.9 Å². The molecule has 3 aromatic rings. The van der Waals surface area contributed by atoms with Crippen molar-refractivity contribution in [3.05, 3.63) is 78.4 Å². The van der Waals surface area contributed by atoms with Crippen LogP contribution in [0, 0.1) is 0 Å². The van der Waals surface area contributed by atoms with E-state index in [1.165, 1.54) is 5.56 Å². The van der Waals surface area contributed by atoms with Crippen molar-refractivity contribution in [1.82, 2.24) is 19.8 Å². The van der Waals surface area contributed by atoms with E-state index in [9.17, 15) is 0 Å². The first-order valence-corrected chi connectivity index (χ1v) is 11.2. The van der Waals surface area contributed by atoms with Crippen molar-refractivity contribution in [3.63, 3.8) is 0 Å². The maximum atomic E-state index is 5.53. The predicted molar refractivity (Wildman–Crippen MR) is 145 cm³/mol. The van der Waals surface area contributed by atoms with Crippen LogP contribution in [0.1, 0.15) is 11.4 Å². The Kier molecular flexibility index (Phi) is 9.41. The zero-order valence-electron chi connectivity index (χ0n) is 19.4. The number of methoxy groups -OCH3 is 1. The molecule has 33 heavy (non-hydrogen) atoms. The maximum absolute atomic E-state index is 5.53. The van der Waals surface area contributed by atoms with E-state index in [1.54, 1.807) is 7.11 Å². The van der Waals surface area contributed by atoms with Crippen molar-refractivity contribution in [2.24, 2.45) is 4.99 Å². The van der Waals surface area contributed by atoms with Crippen LogP contribution < -0.4 is 15.0 Å². The van der Waals surface area contributed by atoms with Gasteiger partial charge in [0.25, 0.3) is 0 Å². The number of rotatable bonds is 7. The second kappa shape index (κ2) is 12.5. The Bertz CT molecular complexity index is 1010. The van der Waals surface area contributed by atoms with Crippen LogP contribution in [0.5, 0.6) is 5.75 Å². The number of para-hydroxylation sites is 2. The summed E-state index contributed by atoms with van der Waals surface area (Å²) in [5.41, 5.74) is 2.44. The molecule has 1 N–H and O–H groups in total. The number of ether oxygens (including phenoxy) is 1. The minimum absolute atomic E-state index is 0. The van der Waals surface area contributed by atoms with Gasteiger partial charge in [0.1, 0.15) is 11.6 Å². The highest BCUT2D eigenvalue weighted by atomic mass is 127. The van der Waals surface area contributed by atoms with Gasteiger partial charge >= 0.3 is 0 Å². The predicted octanol–water partition coefficient (Wildman–Crippen LogP) is 3.50. The van der Waals surface area contributed by atoms with Gasteiger partial charge in [-0.2, -0.15) is 0 Å². The van der Waals surface area contributed by atoms with Gasteiger partial charge in [-0.1, -0.05) is 42.5 Å². The maximum Gasteiger partial charge on any atom is 0.193 e. The Morgan fingerprint density at radius 3 is 2.48 bits per heavy atom. The molecule has 0 amide bonds. The number of hydrogen-bond acceptors (Lipinski definition) is 4. The first-order chi connectivity index (χ1) is 15.8. The average Bonchev–Trinajstić information content (AvgIpc) is 3.29. The van der Waals surface area contributed by atoms with Gasteiger partial charge in [0, 0.05) is 65.1 Å². The summed E-state index contributed by atoms with van der Waals surface area (Å²) in [5.74, 6) is 2.96. The van der Waals surface area contributed by atoms with Crippen LogP contribution in [0.15, 0.2) is 72.0 Å². The van der Waals surface area contributed by atoms with Gasteiger partial charge in [0.2, 0.25) is 0 Å². The van der Waals surface area contributed by atoms with E-state index in [1.807, 2.05) is 37.6 Å². The molecule has 7 nitrogen and oxygen atoms in total. The number of aromatic nitrogens is 2. The van der Waals surface area contributed by atoms with E-state index in [2.05, 4.69) is 66.1 Å². The number of piperazine rings is 1. The third-order valence-corrected chi connectivity index (χ3v) is 5.85. The van der Waals surface area contributed by atoms with Crippen molar-refractivity contribution in [3.8, 4) is 5.75 Å². The Hall–Kier alpha value is -2.75. The summed E-state index contributed by atoms with van der Waals surface area (Å²) >= 11 is 0. The second-order valence-corrected chi connectivity index (χ2v) is 7.83. The largest absolute Gasteiger partial charge is 0.495 e. The fourth-order valence-electron chi connectivity index (χ4n) is 4.16. The fraction of sp³-hybridized carbons (Fsp3) is 0.360. The van der Waals surface area contributed by atoms with Gasteiger partial charge in [-0.15, -0.1) is 24.0 Å². The molecule has 0 aliphatic carbocycles. The molecule has 1 aliphatic heterocycles. The molecule has 176 valence electrons. The standard InChI is InChI=1S/C25H32N6O.HI/c1-26-25(30-18-16-29(17-19-30)22-10-6-7-11-23(22)32-2)28-13-12-24-27-14-15-31(24)20-21-8-4-3-5-9-21;/h3-11,14-15H,12-13,16-20H2,1-2H3,(H,26,28);1H. The van der Waals surface area contributed by atoms with E-state index < -0.39 is 0 Å². The lowest BCUT2D eigenvalue weighted by molar-refractivity contribution is 0.367. The van der Waals surface area contributed by atoms with E-state index in [-0.39, 0.29) is 24.0 Å². The van der Waals surface area contributed by atoms with Crippen molar-refractivity contribution < 1.29 is 4.74 Å². The molecule has 8 heteroatoms. The lowest BCUT2D eigenvalue weighted by atomic mass is 10.2. The second-order valence-electron chi connectivity index (χ2n) is 7.83. The summed E-state index contributed by atoms with van der Waals surface area (Å²) in [7, 11) is 3.58. The average molecular weight is 560 g/mol. The lowest BCUT2D eigenvalue weighted by Gasteiger charge is -2.38. The molecule has 1 fully saturated rings. The number of benzene rings is 2. The Balaban J connectivity index is 0.00000306. The minimum atomic E-state index is 0. The topological polar surface area (TPSA) is 57.9 Å². The third kappa shape index (κ3) is 6.40. The van der Waals surface area contributed by atoms with Crippen LogP contribution in [-0.2, 0) is 13.0 Å². The number of aliphatic imine (C=N–C) groups is 1. The minimum Gasteiger partial charge on any atom is -0.495 e. The normalized spacial score (nSPS) is 14.1. The first kappa shape index (κ1) is 24.9. The summed E-state index contributed by atoms with van der Waals surface area (Å²) in [4.78, 5) is 13.8. The Labute approximate surface area is 213 Å². The van der Waals surface area contributed by atoms with Crippen LogP contribution in [0.2, 0.25) is 0 Å². The van der Waals surface area contributed by atoms with E-state index >= 15 is 0 Å². The third-order valence-electron chi connectivity index (χ3n) is 5.85. The van der Waals surface area contributed by atoms with Crippen molar-refractivity contribution >= 4 is 35.6 Å². The van der Waals surface area contributed by atoms with Gasteiger partial charge < -0.3 is 24.4 Å². The molecule has 0 bridgehead atoms. The summed E-state index contributed by atoms with van der Waals surface area (Å²) < 4.78 is 7.74. The molecular weight excluding hydrogens is 527 g/mol. The number of hydrogen-bond donors (Lipinski definition) is 1. The highest BCUT2D eigenvalue weighted by molar-refractivity contribution is 14.0. The number of nitrogens with one attached hydrogen (secondary N) is 1. The van der Waals surface area contributed by atoms with Gasteiger partial charge in [-0.25, -0.2) is 4.98 Å². The number of imidazole rings is 1. The fourth-order valence-corrected chi connectivity index (χ4v) is 4.16. The van der Waals surface area contributed by atoms with Gasteiger partial charge in [-0.3, -0.25) is 4.99 Å². The zero-order valence-corrected chi connectivity index (χ0v) is 21.7. The first-order valence-electron chi connectivity index (χ1n) is 11.2.